The summed E-state index contributed by atoms with van der Waals surface area (Å²) in [5, 5.41) is 5.29. The number of nitrogens with zero attached hydrogens (tertiary/aromatic N) is 2. The second-order valence-electron chi connectivity index (χ2n) is 9.64. The average molecular weight is 724 g/mol. The third-order valence-corrected chi connectivity index (χ3v) is 8.11. The molecule has 0 saturated carbocycles. The van der Waals surface area contributed by atoms with E-state index < -0.39 is 0 Å². The smallest absolute Gasteiger partial charge is 0.496 e. The number of rotatable bonds is 4. The SMILES string of the molecule is [Pt+2].[c-]1c(Oc2[c-]c(-c3nccs3)cc3c2-c2cccc4cccc(c24)-c2ccccc2-3)cccc1-c1ccccn1. The molecule has 2 heterocycles. The molecule has 0 atom stereocenters. The van der Waals surface area contributed by atoms with Gasteiger partial charge in [-0.05, 0) is 50.4 Å². The Bertz CT molecular complexity index is 2030. The van der Waals surface area contributed by atoms with Gasteiger partial charge in [0.25, 0.3) is 0 Å². The average Bonchev–Trinajstić information content (AvgIpc) is 3.53. The van der Waals surface area contributed by atoms with Gasteiger partial charge in [-0.25, -0.2) is 0 Å². The number of aromatic nitrogens is 2. The quantitative estimate of drug-likeness (QED) is 0.170. The third-order valence-electron chi connectivity index (χ3n) is 7.30. The molecule has 5 heteroatoms. The van der Waals surface area contributed by atoms with E-state index in [-0.39, 0.29) is 21.1 Å². The zero-order chi connectivity index (χ0) is 26.5. The fourth-order valence-electron chi connectivity index (χ4n) is 5.60. The largest absolute Gasteiger partial charge is 2.00 e. The van der Waals surface area contributed by atoms with Gasteiger partial charge in [0.2, 0.25) is 0 Å². The summed E-state index contributed by atoms with van der Waals surface area (Å²) in [6.45, 7) is 0. The molecular weight excluding hydrogens is 704 g/mol. The van der Waals surface area contributed by atoms with Gasteiger partial charge >= 0.3 is 21.1 Å². The molecule has 3 nitrogen and oxygen atoms in total. The first kappa shape index (κ1) is 25.6. The van der Waals surface area contributed by atoms with Crippen LogP contribution in [0.4, 0.5) is 0 Å². The van der Waals surface area contributed by atoms with Gasteiger partial charge in [0.1, 0.15) is 0 Å². The molecule has 0 fully saturated rings. The van der Waals surface area contributed by atoms with Crippen LogP contribution in [-0.4, -0.2) is 9.97 Å². The van der Waals surface area contributed by atoms with E-state index in [1.54, 1.807) is 17.5 Å². The van der Waals surface area contributed by atoms with Crippen molar-refractivity contribution in [3.63, 3.8) is 0 Å². The Hall–Kier alpha value is -4.37. The van der Waals surface area contributed by atoms with Gasteiger partial charge < -0.3 is 9.72 Å². The van der Waals surface area contributed by atoms with Crippen LogP contribution in [-0.2, 0) is 21.1 Å². The number of hydrogen-bond donors (Lipinski definition) is 0. The summed E-state index contributed by atoms with van der Waals surface area (Å²) in [5.74, 6) is 1.26. The van der Waals surface area contributed by atoms with Crippen molar-refractivity contribution in [3.05, 3.63) is 133 Å². The molecule has 5 aromatic carbocycles. The van der Waals surface area contributed by atoms with Gasteiger partial charge in [0.05, 0.1) is 5.75 Å². The minimum atomic E-state index is 0. The molecule has 41 heavy (non-hydrogen) atoms. The Labute approximate surface area is 256 Å². The number of fused-ring (bicyclic) bond motifs is 5. The van der Waals surface area contributed by atoms with Crippen molar-refractivity contribution in [2.45, 2.75) is 0 Å². The maximum Gasteiger partial charge on any atom is 2.00 e. The van der Waals surface area contributed by atoms with Crippen molar-refractivity contribution in [2.24, 2.45) is 0 Å². The monoisotopic (exact) mass is 723 g/mol. The summed E-state index contributed by atoms with van der Waals surface area (Å²) in [6, 6.07) is 42.6. The Morgan fingerprint density at radius 3 is 2.15 bits per heavy atom. The van der Waals surface area contributed by atoms with Crippen molar-refractivity contribution in [3.8, 4) is 66.7 Å². The van der Waals surface area contributed by atoms with Crippen LogP contribution in [0.25, 0.3) is 66.0 Å². The van der Waals surface area contributed by atoms with Crippen LogP contribution in [0.3, 0.4) is 0 Å². The van der Waals surface area contributed by atoms with Crippen molar-refractivity contribution in [1.82, 2.24) is 9.97 Å². The fourth-order valence-corrected chi connectivity index (χ4v) is 6.21. The van der Waals surface area contributed by atoms with Gasteiger partial charge in [-0.15, -0.1) is 35.4 Å². The van der Waals surface area contributed by atoms with Crippen molar-refractivity contribution in [1.29, 1.82) is 0 Å². The third kappa shape index (κ3) is 4.41. The molecule has 0 bridgehead atoms. The van der Waals surface area contributed by atoms with Crippen molar-refractivity contribution in [2.75, 3.05) is 0 Å². The molecule has 0 aliphatic heterocycles. The Kier molecular flexibility index (Phi) is 6.59. The summed E-state index contributed by atoms with van der Waals surface area (Å²) < 4.78 is 6.73. The number of benzene rings is 5. The predicted molar refractivity (Wildman–Crippen MR) is 162 cm³/mol. The first-order chi connectivity index (χ1) is 19.8. The maximum atomic E-state index is 6.73. The zero-order valence-corrected chi connectivity index (χ0v) is 24.7. The summed E-state index contributed by atoms with van der Waals surface area (Å²) in [4.78, 5) is 9.11. The van der Waals surface area contributed by atoms with Gasteiger partial charge in [0.15, 0.2) is 0 Å². The Morgan fingerprint density at radius 1 is 0.610 bits per heavy atom. The number of hydrogen-bond acceptors (Lipinski definition) is 4. The minimum absolute atomic E-state index is 0. The fraction of sp³-hybridized carbons (Fsp3) is 0. The van der Waals surface area contributed by atoms with E-state index in [2.05, 4.69) is 88.8 Å². The molecule has 0 unspecified atom stereocenters. The van der Waals surface area contributed by atoms with Crippen molar-refractivity contribution < 1.29 is 25.8 Å². The van der Waals surface area contributed by atoms with Crippen molar-refractivity contribution >= 4 is 22.1 Å². The van der Waals surface area contributed by atoms with Gasteiger partial charge in [0, 0.05) is 28.5 Å². The molecule has 0 saturated heterocycles. The van der Waals surface area contributed by atoms with E-state index in [9.17, 15) is 0 Å². The van der Waals surface area contributed by atoms with Crippen LogP contribution in [0.5, 0.6) is 11.5 Å². The first-order valence-electron chi connectivity index (χ1n) is 13.1. The number of thiazole rings is 1. The molecule has 1 aliphatic rings. The van der Waals surface area contributed by atoms with E-state index in [1.165, 1.54) is 21.9 Å². The van der Waals surface area contributed by atoms with E-state index in [0.29, 0.717) is 11.5 Å². The molecule has 0 radical (unpaired) electrons. The zero-order valence-electron chi connectivity index (χ0n) is 21.6. The maximum absolute atomic E-state index is 6.73. The van der Waals surface area contributed by atoms with Crippen LogP contribution in [0.2, 0.25) is 0 Å². The van der Waals surface area contributed by atoms with Gasteiger partial charge in [-0.3, -0.25) is 4.98 Å². The van der Waals surface area contributed by atoms with Crippen LogP contribution < -0.4 is 4.74 Å². The Balaban J connectivity index is 0.00000276. The Morgan fingerprint density at radius 2 is 1.37 bits per heavy atom. The second kappa shape index (κ2) is 10.6. The summed E-state index contributed by atoms with van der Waals surface area (Å²) >= 11 is 1.60. The standard InChI is InChI=1S/C36H20N2OS.Pt/c1-2-13-28-27(12-1)29-14-6-8-23-9-7-15-30(34(23)29)35-31(28)21-25(36-38-18-19-40-36)22-33(35)39-26-11-5-10-24(20-26)32-16-3-4-17-37-32;/h1-19,21H;/q-2;+2. The van der Waals surface area contributed by atoms with E-state index in [4.69, 9.17) is 4.74 Å². The van der Waals surface area contributed by atoms with Crippen LogP contribution in [0, 0.1) is 12.1 Å². The topological polar surface area (TPSA) is 35.0 Å². The molecule has 196 valence electrons. The molecule has 8 rings (SSSR count). The summed E-state index contributed by atoms with van der Waals surface area (Å²) in [6.07, 6.45) is 3.62. The number of ether oxygens (including phenoxy) is 1. The summed E-state index contributed by atoms with van der Waals surface area (Å²) in [7, 11) is 0. The minimum Gasteiger partial charge on any atom is -0.496 e. The predicted octanol–water partition coefficient (Wildman–Crippen LogP) is 9.73. The van der Waals surface area contributed by atoms with E-state index >= 15 is 0 Å². The van der Waals surface area contributed by atoms with Crippen LogP contribution >= 0.6 is 11.3 Å². The molecular formula is C36H20N2OPtS. The normalized spacial score (nSPS) is 11.2. The van der Waals surface area contributed by atoms with E-state index in [1.807, 2.05) is 48.0 Å². The molecule has 0 amide bonds. The molecule has 1 aliphatic carbocycles. The van der Waals surface area contributed by atoms with Crippen LogP contribution in [0.1, 0.15) is 0 Å². The molecule has 0 N–H and O–H groups in total. The first-order valence-corrected chi connectivity index (χ1v) is 14.0. The van der Waals surface area contributed by atoms with Crippen LogP contribution in [0.15, 0.2) is 121 Å². The summed E-state index contributed by atoms with van der Waals surface area (Å²) in [5.41, 5.74) is 9.42. The molecule has 0 spiro atoms. The molecule has 7 aromatic rings. The van der Waals surface area contributed by atoms with Gasteiger partial charge in [-0.1, -0.05) is 90.5 Å². The molecule has 2 aromatic heterocycles. The van der Waals surface area contributed by atoms with Gasteiger partial charge in [-0.2, -0.15) is 11.3 Å². The second-order valence-corrected chi connectivity index (χ2v) is 10.5. The number of pyridine rings is 1. The van der Waals surface area contributed by atoms with E-state index in [0.717, 1.165) is 44.1 Å².